The van der Waals surface area contributed by atoms with Gasteiger partial charge in [0, 0.05) is 6.07 Å². The predicted molar refractivity (Wildman–Crippen MR) is 79.0 cm³/mol. The Kier molecular flexibility index (Phi) is 3.22. The zero-order chi connectivity index (χ0) is 15.0. The van der Waals surface area contributed by atoms with Crippen molar-refractivity contribution in [1.29, 1.82) is 0 Å². The third kappa shape index (κ3) is 2.52. The Labute approximate surface area is 123 Å². The second kappa shape index (κ2) is 4.93. The van der Waals surface area contributed by atoms with Gasteiger partial charge >= 0.3 is 0 Å². The summed E-state index contributed by atoms with van der Waals surface area (Å²) in [7, 11) is -3.94. The Morgan fingerprint density at radius 3 is 2.81 bits per heavy atom. The molecule has 0 atom stereocenters. The highest BCUT2D eigenvalue weighted by atomic mass is 32.2. The molecule has 0 saturated heterocycles. The molecule has 0 amide bonds. The van der Waals surface area contributed by atoms with Crippen molar-refractivity contribution in [2.24, 2.45) is 0 Å². The SMILES string of the molecule is Nc1ccc(F)cc1NS(=O)(=O)c1cccc2nsnc12. The molecule has 1 heterocycles. The second-order valence-electron chi connectivity index (χ2n) is 4.23. The summed E-state index contributed by atoms with van der Waals surface area (Å²) >= 11 is 0.918. The number of sulfonamides is 1. The Hall–Kier alpha value is -2.26. The lowest BCUT2D eigenvalue weighted by Gasteiger charge is -2.10. The third-order valence-corrected chi connectivity index (χ3v) is 4.74. The molecule has 0 bridgehead atoms. The quantitative estimate of drug-likeness (QED) is 0.720. The van der Waals surface area contributed by atoms with E-state index < -0.39 is 15.8 Å². The van der Waals surface area contributed by atoms with Crippen LogP contribution in [0.5, 0.6) is 0 Å². The number of nitrogens with one attached hydrogen (secondary N) is 1. The van der Waals surface area contributed by atoms with Crippen LogP contribution in [0, 0.1) is 5.82 Å². The van der Waals surface area contributed by atoms with E-state index in [2.05, 4.69) is 13.5 Å². The number of halogens is 1. The van der Waals surface area contributed by atoms with Crippen LogP contribution in [0.15, 0.2) is 41.3 Å². The number of benzene rings is 2. The highest BCUT2D eigenvalue weighted by Crippen LogP contribution is 2.26. The summed E-state index contributed by atoms with van der Waals surface area (Å²) in [5.41, 5.74) is 6.51. The maximum atomic E-state index is 13.2. The van der Waals surface area contributed by atoms with Crippen LogP contribution < -0.4 is 10.5 Å². The van der Waals surface area contributed by atoms with Crippen molar-refractivity contribution in [3.63, 3.8) is 0 Å². The monoisotopic (exact) mass is 324 g/mol. The number of anilines is 2. The van der Waals surface area contributed by atoms with E-state index in [0.29, 0.717) is 5.52 Å². The summed E-state index contributed by atoms with van der Waals surface area (Å²) in [6.45, 7) is 0. The van der Waals surface area contributed by atoms with Crippen LogP contribution in [0.1, 0.15) is 0 Å². The molecular formula is C12H9FN4O2S2. The van der Waals surface area contributed by atoms with Gasteiger partial charge in [0.1, 0.15) is 21.7 Å². The standard InChI is InChI=1S/C12H9FN4O2S2/c13-7-4-5-8(14)10(6-7)17-21(18,19)11-3-1-2-9-12(11)16-20-15-9/h1-6,17H,14H2. The van der Waals surface area contributed by atoms with Crippen LogP contribution in [-0.4, -0.2) is 17.2 Å². The fourth-order valence-electron chi connectivity index (χ4n) is 1.81. The molecule has 108 valence electrons. The molecule has 6 nitrogen and oxygen atoms in total. The molecule has 0 aliphatic carbocycles. The minimum absolute atomic E-state index is 0.0183. The fraction of sp³-hybridized carbons (Fsp3) is 0. The van der Waals surface area contributed by atoms with Gasteiger partial charge in [-0.2, -0.15) is 8.75 Å². The molecule has 3 aromatic rings. The van der Waals surface area contributed by atoms with Crippen LogP contribution in [0.4, 0.5) is 15.8 Å². The fourth-order valence-corrected chi connectivity index (χ4v) is 3.66. The van der Waals surface area contributed by atoms with E-state index in [9.17, 15) is 12.8 Å². The normalized spacial score (nSPS) is 11.7. The lowest BCUT2D eigenvalue weighted by atomic mass is 10.3. The van der Waals surface area contributed by atoms with Gasteiger partial charge in [0.2, 0.25) is 0 Å². The maximum Gasteiger partial charge on any atom is 0.264 e. The molecule has 1 aromatic heterocycles. The topological polar surface area (TPSA) is 98.0 Å². The Morgan fingerprint density at radius 2 is 2.00 bits per heavy atom. The summed E-state index contributed by atoms with van der Waals surface area (Å²) in [6.07, 6.45) is 0. The van der Waals surface area contributed by atoms with Gasteiger partial charge in [-0.05, 0) is 24.3 Å². The Balaban J connectivity index is 2.09. The molecule has 9 heteroatoms. The highest BCUT2D eigenvalue weighted by Gasteiger charge is 2.20. The predicted octanol–water partition coefficient (Wildman–Crippen LogP) is 2.21. The number of hydrogen-bond donors (Lipinski definition) is 2. The minimum Gasteiger partial charge on any atom is -0.397 e. The summed E-state index contributed by atoms with van der Waals surface area (Å²) < 4.78 is 48.3. The number of aromatic nitrogens is 2. The van der Waals surface area contributed by atoms with E-state index in [4.69, 9.17) is 5.73 Å². The molecule has 0 unspecified atom stereocenters. The lowest BCUT2D eigenvalue weighted by molar-refractivity contribution is 0.602. The Morgan fingerprint density at radius 1 is 1.19 bits per heavy atom. The van der Waals surface area contributed by atoms with Gasteiger partial charge in [-0.15, -0.1) is 0 Å². The summed E-state index contributed by atoms with van der Waals surface area (Å²) in [4.78, 5) is -0.0302. The first-order valence-corrected chi connectivity index (χ1v) is 7.98. The maximum absolute atomic E-state index is 13.2. The molecule has 0 radical (unpaired) electrons. The van der Waals surface area contributed by atoms with Crippen molar-refractivity contribution < 1.29 is 12.8 Å². The molecule has 3 rings (SSSR count). The molecular weight excluding hydrogens is 315 g/mol. The second-order valence-corrected chi connectivity index (χ2v) is 6.40. The minimum atomic E-state index is -3.94. The van der Waals surface area contributed by atoms with Gasteiger partial charge in [0.15, 0.2) is 0 Å². The van der Waals surface area contributed by atoms with E-state index >= 15 is 0 Å². The van der Waals surface area contributed by atoms with Gasteiger partial charge in [-0.3, -0.25) is 4.72 Å². The van der Waals surface area contributed by atoms with E-state index in [-0.39, 0.29) is 21.8 Å². The van der Waals surface area contributed by atoms with Crippen LogP contribution in [0.2, 0.25) is 0 Å². The summed E-state index contributed by atoms with van der Waals surface area (Å²) in [5.74, 6) is -0.588. The van der Waals surface area contributed by atoms with Crippen LogP contribution >= 0.6 is 11.7 Å². The molecule has 3 N–H and O–H groups in total. The molecule has 0 fully saturated rings. The van der Waals surface area contributed by atoms with Gasteiger partial charge in [0.25, 0.3) is 10.0 Å². The van der Waals surface area contributed by atoms with E-state index in [1.54, 1.807) is 12.1 Å². The van der Waals surface area contributed by atoms with Crippen molar-refractivity contribution in [3.05, 3.63) is 42.2 Å². The first kappa shape index (κ1) is 13.7. The molecule has 0 spiro atoms. The van der Waals surface area contributed by atoms with Crippen LogP contribution in [-0.2, 0) is 10.0 Å². The van der Waals surface area contributed by atoms with Crippen LogP contribution in [0.3, 0.4) is 0 Å². The molecule has 21 heavy (non-hydrogen) atoms. The summed E-state index contributed by atoms with van der Waals surface area (Å²) in [6, 6.07) is 8.09. The molecule has 0 saturated carbocycles. The largest absolute Gasteiger partial charge is 0.397 e. The van der Waals surface area contributed by atoms with Crippen molar-refractivity contribution >= 4 is 44.2 Å². The average molecular weight is 324 g/mol. The Bertz CT molecular complexity index is 924. The zero-order valence-electron chi connectivity index (χ0n) is 10.4. The first-order valence-electron chi connectivity index (χ1n) is 5.76. The molecule has 2 aromatic carbocycles. The van der Waals surface area contributed by atoms with Crippen molar-refractivity contribution in [2.45, 2.75) is 4.90 Å². The van der Waals surface area contributed by atoms with E-state index in [1.807, 2.05) is 0 Å². The van der Waals surface area contributed by atoms with Crippen molar-refractivity contribution in [2.75, 3.05) is 10.5 Å². The number of fused-ring (bicyclic) bond motifs is 1. The number of hydrogen-bond acceptors (Lipinski definition) is 6. The third-order valence-electron chi connectivity index (χ3n) is 2.80. The average Bonchev–Trinajstić information content (AvgIpc) is 2.90. The number of nitrogen functional groups attached to an aromatic ring is 1. The summed E-state index contributed by atoms with van der Waals surface area (Å²) in [5, 5.41) is 0. The number of rotatable bonds is 3. The zero-order valence-corrected chi connectivity index (χ0v) is 12.1. The van der Waals surface area contributed by atoms with Crippen molar-refractivity contribution in [3.8, 4) is 0 Å². The lowest BCUT2D eigenvalue weighted by Crippen LogP contribution is -2.14. The van der Waals surface area contributed by atoms with Gasteiger partial charge in [-0.25, -0.2) is 12.8 Å². The van der Waals surface area contributed by atoms with Gasteiger partial charge in [-0.1, -0.05) is 6.07 Å². The van der Waals surface area contributed by atoms with Crippen LogP contribution in [0.25, 0.3) is 11.0 Å². The van der Waals surface area contributed by atoms with E-state index in [0.717, 1.165) is 23.9 Å². The van der Waals surface area contributed by atoms with Gasteiger partial charge < -0.3 is 5.73 Å². The molecule has 0 aliphatic rings. The number of nitrogens with two attached hydrogens (primary N) is 1. The van der Waals surface area contributed by atoms with E-state index in [1.165, 1.54) is 12.1 Å². The van der Waals surface area contributed by atoms with Gasteiger partial charge in [0.05, 0.1) is 23.1 Å². The first-order chi connectivity index (χ1) is 9.97. The van der Waals surface area contributed by atoms with Crippen molar-refractivity contribution in [1.82, 2.24) is 8.75 Å². The highest BCUT2D eigenvalue weighted by molar-refractivity contribution is 7.93. The number of nitrogens with zero attached hydrogens (tertiary/aromatic N) is 2. The molecule has 0 aliphatic heterocycles. The smallest absolute Gasteiger partial charge is 0.264 e.